The fourth-order valence-electron chi connectivity index (χ4n) is 8.65. The Balaban J connectivity index is 1.25. The summed E-state index contributed by atoms with van der Waals surface area (Å²) in [6.07, 6.45) is 2.37. The van der Waals surface area contributed by atoms with Gasteiger partial charge < -0.3 is 4.90 Å². The second kappa shape index (κ2) is 11.9. The van der Waals surface area contributed by atoms with E-state index in [1.807, 2.05) is 0 Å². The van der Waals surface area contributed by atoms with Gasteiger partial charge in [-0.1, -0.05) is 161 Å². The van der Waals surface area contributed by atoms with Crippen LogP contribution in [0.4, 0.5) is 17.1 Å². The van der Waals surface area contributed by atoms with Gasteiger partial charge in [-0.15, -0.1) is 0 Å². The van der Waals surface area contributed by atoms with Gasteiger partial charge in [0, 0.05) is 27.8 Å². The number of anilines is 3. The zero-order valence-electron chi connectivity index (χ0n) is 29.7. The molecule has 0 aromatic heterocycles. The van der Waals surface area contributed by atoms with Crippen LogP contribution in [0.15, 0.2) is 170 Å². The van der Waals surface area contributed by atoms with Crippen LogP contribution in [0.3, 0.4) is 0 Å². The molecule has 2 aliphatic rings. The molecule has 0 amide bonds. The monoisotopic (exact) mass is 655 g/mol. The predicted octanol–water partition coefficient (Wildman–Crippen LogP) is 13.6. The minimum absolute atomic E-state index is 0.0601. The third-order valence-corrected chi connectivity index (χ3v) is 11.3. The van der Waals surface area contributed by atoms with Gasteiger partial charge in [-0.05, 0) is 104 Å². The molecule has 7 aromatic carbocycles. The number of para-hydroxylation sites is 1. The molecule has 1 heteroatoms. The van der Waals surface area contributed by atoms with E-state index in [4.69, 9.17) is 0 Å². The summed E-state index contributed by atoms with van der Waals surface area (Å²) in [4.78, 5) is 2.43. The summed E-state index contributed by atoms with van der Waals surface area (Å²) in [6, 6.07) is 62.4. The van der Waals surface area contributed by atoms with E-state index >= 15 is 0 Å². The van der Waals surface area contributed by atoms with Crippen LogP contribution in [0, 0.1) is 0 Å². The molecule has 0 saturated heterocycles. The quantitative estimate of drug-likeness (QED) is 0.172. The lowest BCUT2D eigenvalue weighted by atomic mass is 9.78. The van der Waals surface area contributed by atoms with E-state index in [0.29, 0.717) is 0 Å². The minimum atomic E-state index is -0.0869. The van der Waals surface area contributed by atoms with Gasteiger partial charge in [-0.3, -0.25) is 0 Å². The van der Waals surface area contributed by atoms with E-state index in [-0.39, 0.29) is 10.8 Å². The van der Waals surface area contributed by atoms with Crippen molar-refractivity contribution in [3.05, 3.63) is 198 Å². The highest BCUT2D eigenvalue weighted by Crippen LogP contribution is 2.54. The summed E-state index contributed by atoms with van der Waals surface area (Å²) in [6.45, 7) is 9.40. The minimum Gasteiger partial charge on any atom is -0.310 e. The molecule has 0 fully saturated rings. The summed E-state index contributed by atoms with van der Waals surface area (Å²) in [5, 5.41) is 0. The van der Waals surface area contributed by atoms with Gasteiger partial charge in [0.2, 0.25) is 0 Å². The lowest BCUT2D eigenvalue weighted by Gasteiger charge is -2.30. The highest BCUT2D eigenvalue weighted by molar-refractivity contribution is 6.00. The molecule has 0 N–H and O–H groups in total. The highest BCUT2D eigenvalue weighted by atomic mass is 15.1. The van der Waals surface area contributed by atoms with Crippen LogP contribution in [0.5, 0.6) is 0 Å². The van der Waals surface area contributed by atoms with Crippen LogP contribution in [0.2, 0.25) is 0 Å². The summed E-state index contributed by atoms with van der Waals surface area (Å²) in [5.41, 5.74) is 18.9. The molecule has 0 bridgehead atoms. The lowest BCUT2D eigenvalue weighted by Crippen LogP contribution is -2.16. The average Bonchev–Trinajstić information content (AvgIpc) is 3.59. The first-order valence-corrected chi connectivity index (χ1v) is 18.0. The summed E-state index contributed by atoms with van der Waals surface area (Å²) >= 11 is 0. The number of nitrogens with zero attached hydrogens (tertiary/aromatic N) is 1. The molecule has 9 rings (SSSR count). The SMILES string of the molecule is CC1(C)C(c2ccc(N(c3ccccc3)c3ccc(-c4ccccc4)cc3-c3cccc4c3-c3ccccc3C4(C)C)cc2)=Cc2ccccc21. The maximum Gasteiger partial charge on any atom is 0.0540 e. The van der Waals surface area contributed by atoms with Crippen LogP contribution >= 0.6 is 0 Å². The van der Waals surface area contributed by atoms with Crippen molar-refractivity contribution in [2.45, 2.75) is 38.5 Å². The van der Waals surface area contributed by atoms with E-state index in [2.05, 4.69) is 209 Å². The van der Waals surface area contributed by atoms with Crippen molar-refractivity contribution < 1.29 is 0 Å². The molecular formula is C50H41N. The van der Waals surface area contributed by atoms with Crippen LogP contribution < -0.4 is 4.90 Å². The van der Waals surface area contributed by atoms with Gasteiger partial charge >= 0.3 is 0 Å². The van der Waals surface area contributed by atoms with Crippen LogP contribution in [0.1, 0.15) is 55.5 Å². The van der Waals surface area contributed by atoms with E-state index in [1.165, 1.54) is 66.8 Å². The molecule has 246 valence electrons. The third-order valence-electron chi connectivity index (χ3n) is 11.3. The third kappa shape index (κ3) is 4.99. The molecule has 0 atom stereocenters. The van der Waals surface area contributed by atoms with Crippen molar-refractivity contribution in [1.29, 1.82) is 0 Å². The van der Waals surface area contributed by atoms with E-state index in [9.17, 15) is 0 Å². The Morgan fingerprint density at radius 2 is 0.980 bits per heavy atom. The number of fused-ring (bicyclic) bond motifs is 4. The Morgan fingerprint density at radius 3 is 1.73 bits per heavy atom. The van der Waals surface area contributed by atoms with E-state index in [1.54, 1.807) is 0 Å². The summed E-state index contributed by atoms with van der Waals surface area (Å²) in [7, 11) is 0. The van der Waals surface area contributed by atoms with Gasteiger partial charge in [0.1, 0.15) is 0 Å². The fraction of sp³-hybridized carbons (Fsp3) is 0.120. The van der Waals surface area contributed by atoms with Crippen molar-refractivity contribution in [1.82, 2.24) is 0 Å². The first-order chi connectivity index (χ1) is 24.8. The maximum atomic E-state index is 2.43. The molecular weight excluding hydrogens is 615 g/mol. The Hall–Kier alpha value is -5.92. The smallest absolute Gasteiger partial charge is 0.0540 e. The second-order valence-corrected chi connectivity index (χ2v) is 15.0. The topological polar surface area (TPSA) is 3.24 Å². The van der Waals surface area contributed by atoms with Crippen LogP contribution in [0.25, 0.3) is 45.0 Å². The normalized spacial score (nSPS) is 14.7. The van der Waals surface area contributed by atoms with Crippen molar-refractivity contribution in [3.63, 3.8) is 0 Å². The molecule has 7 aromatic rings. The number of hydrogen-bond donors (Lipinski definition) is 0. The highest BCUT2D eigenvalue weighted by Gasteiger charge is 2.37. The van der Waals surface area contributed by atoms with Crippen molar-refractivity contribution >= 4 is 28.7 Å². The van der Waals surface area contributed by atoms with Gasteiger partial charge in [0.15, 0.2) is 0 Å². The lowest BCUT2D eigenvalue weighted by molar-refractivity contribution is 0.660. The molecule has 51 heavy (non-hydrogen) atoms. The van der Waals surface area contributed by atoms with Gasteiger partial charge in [0.25, 0.3) is 0 Å². The van der Waals surface area contributed by atoms with E-state index in [0.717, 1.165) is 17.1 Å². The Kier molecular flexibility index (Phi) is 7.22. The summed E-state index contributed by atoms with van der Waals surface area (Å²) < 4.78 is 0. The molecule has 0 spiro atoms. The summed E-state index contributed by atoms with van der Waals surface area (Å²) in [5.74, 6) is 0. The van der Waals surface area contributed by atoms with Gasteiger partial charge in [0.05, 0.1) is 5.69 Å². The van der Waals surface area contributed by atoms with Gasteiger partial charge in [-0.2, -0.15) is 0 Å². The predicted molar refractivity (Wildman–Crippen MR) is 217 cm³/mol. The Labute approximate surface area is 302 Å². The maximum absolute atomic E-state index is 2.43. The molecule has 2 aliphatic carbocycles. The molecule has 0 unspecified atom stereocenters. The first kappa shape index (κ1) is 31.1. The van der Waals surface area contributed by atoms with Crippen molar-refractivity contribution in [3.8, 4) is 33.4 Å². The number of rotatable bonds is 6. The molecule has 0 heterocycles. The Morgan fingerprint density at radius 1 is 0.392 bits per heavy atom. The number of benzene rings is 7. The van der Waals surface area contributed by atoms with Crippen molar-refractivity contribution in [2.75, 3.05) is 4.90 Å². The second-order valence-electron chi connectivity index (χ2n) is 15.0. The fourth-order valence-corrected chi connectivity index (χ4v) is 8.65. The largest absolute Gasteiger partial charge is 0.310 e. The number of hydrogen-bond acceptors (Lipinski definition) is 1. The molecule has 0 saturated carbocycles. The van der Waals surface area contributed by atoms with Gasteiger partial charge in [-0.25, -0.2) is 0 Å². The van der Waals surface area contributed by atoms with Crippen LogP contribution in [-0.4, -0.2) is 0 Å². The molecule has 1 nitrogen and oxygen atoms in total. The molecule has 0 aliphatic heterocycles. The zero-order chi connectivity index (χ0) is 34.7. The Bertz CT molecular complexity index is 2450. The molecule has 0 radical (unpaired) electrons. The zero-order valence-corrected chi connectivity index (χ0v) is 29.7. The average molecular weight is 656 g/mol. The standard InChI is InChI=1S/C50H41N/c1-49(2)43-23-13-11-18-37(43)33-46(49)35-26-29-39(30-27-35)51(38-19-9-6-10-20-38)47-31-28-36(34-16-7-5-8-17-34)32-42(47)40-22-15-25-45-48(40)41-21-12-14-24-44(41)50(45,3)4/h5-33H,1-4H3. The van der Waals surface area contributed by atoms with E-state index < -0.39 is 0 Å². The number of allylic oxidation sites excluding steroid dienone is 1. The van der Waals surface area contributed by atoms with Crippen molar-refractivity contribution in [2.24, 2.45) is 0 Å². The van der Waals surface area contributed by atoms with Crippen LogP contribution in [-0.2, 0) is 10.8 Å². The first-order valence-electron chi connectivity index (χ1n) is 18.0.